The molecule has 0 unspecified atom stereocenters. The van der Waals surface area contributed by atoms with Gasteiger partial charge in [-0.2, -0.15) is 0 Å². The Morgan fingerprint density at radius 3 is 1.83 bits per heavy atom. The van der Waals surface area contributed by atoms with Gasteiger partial charge in [-0.15, -0.1) is 0 Å². The number of pyridine rings is 1. The van der Waals surface area contributed by atoms with Crippen LogP contribution in [0.3, 0.4) is 0 Å². The van der Waals surface area contributed by atoms with Gasteiger partial charge in [0.15, 0.2) is 5.78 Å². The number of rotatable bonds is 33. The lowest BCUT2D eigenvalue weighted by atomic mass is 9.97. The fourth-order valence-corrected chi connectivity index (χ4v) is 6.85. The number of aryl methyl sites for hydroxylation is 1. The maximum atomic E-state index is 13.3. The quantitative estimate of drug-likeness (QED) is 0.0459. The lowest BCUT2D eigenvalue weighted by Crippen LogP contribution is -3.00. The Labute approximate surface area is 390 Å². The summed E-state index contributed by atoms with van der Waals surface area (Å²) >= 11 is 0. The van der Waals surface area contributed by atoms with Gasteiger partial charge in [-0.25, -0.2) is 9.97 Å². The zero-order valence-electron chi connectivity index (χ0n) is 38.0. The van der Waals surface area contributed by atoms with E-state index < -0.39 is 0 Å². The van der Waals surface area contributed by atoms with E-state index in [1.54, 1.807) is 18.6 Å². The first-order chi connectivity index (χ1) is 31.5. The number of amides is 1. The molecule has 16 nitrogen and oxygen atoms in total. The molecule has 1 saturated heterocycles. The average Bonchev–Trinajstić information content (AvgIpc) is 3.31. The van der Waals surface area contributed by atoms with Crippen molar-refractivity contribution in [2.45, 2.75) is 26.3 Å². The summed E-state index contributed by atoms with van der Waals surface area (Å²) in [6, 6.07) is 19.9. The molecule has 4 N–H and O–H groups in total. The van der Waals surface area contributed by atoms with Crippen LogP contribution in [-0.2, 0) is 57.3 Å². The monoisotopic (exact) mass is 921 g/mol. The van der Waals surface area contributed by atoms with Crippen LogP contribution in [0, 0.1) is 6.92 Å². The summed E-state index contributed by atoms with van der Waals surface area (Å²) in [4.78, 5) is 43.9. The van der Waals surface area contributed by atoms with Gasteiger partial charge in [-0.1, -0.05) is 42.5 Å². The molecule has 1 fully saturated rings. The van der Waals surface area contributed by atoms with Gasteiger partial charge in [-0.3, -0.25) is 24.4 Å². The Bertz CT molecular complexity index is 1910. The van der Waals surface area contributed by atoms with Crippen molar-refractivity contribution in [1.82, 2.24) is 30.1 Å². The number of aromatic nitrogens is 3. The van der Waals surface area contributed by atoms with E-state index >= 15 is 0 Å². The summed E-state index contributed by atoms with van der Waals surface area (Å²) in [5.41, 5.74) is 10.6. The third kappa shape index (κ3) is 21.7. The number of piperazine rings is 1. The highest BCUT2D eigenvalue weighted by molar-refractivity contribution is 5.97. The Morgan fingerprint density at radius 2 is 1.25 bits per heavy atom. The van der Waals surface area contributed by atoms with Gasteiger partial charge in [0.1, 0.15) is 5.82 Å². The number of hydrogen-bond donors (Lipinski definition) is 2. The summed E-state index contributed by atoms with van der Waals surface area (Å²) in [5.74, 6) is 0.805. The van der Waals surface area contributed by atoms with Gasteiger partial charge in [0.05, 0.1) is 111 Å². The van der Waals surface area contributed by atoms with Crippen LogP contribution in [0.25, 0.3) is 11.3 Å². The second-order valence-electron chi connectivity index (χ2n) is 15.4. The average molecular weight is 923 g/mol. The van der Waals surface area contributed by atoms with Crippen LogP contribution in [0.2, 0.25) is 0 Å². The maximum absolute atomic E-state index is 13.3. The van der Waals surface area contributed by atoms with Crippen molar-refractivity contribution >= 4 is 11.7 Å². The molecule has 2 aromatic heterocycles. The Morgan fingerprint density at radius 1 is 0.677 bits per heavy atom. The minimum absolute atomic E-state index is 0. The molecule has 1 aliphatic heterocycles. The zero-order valence-corrected chi connectivity index (χ0v) is 38.7. The van der Waals surface area contributed by atoms with Crippen LogP contribution in [0.15, 0.2) is 79.3 Å². The number of ether oxygens (including phenoxy) is 7. The second-order valence-corrected chi connectivity index (χ2v) is 15.4. The van der Waals surface area contributed by atoms with E-state index in [-0.39, 0.29) is 24.1 Å². The summed E-state index contributed by atoms with van der Waals surface area (Å²) in [6.07, 6.45) is 6.22. The molecule has 0 aliphatic carbocycles. The fraction of sp³-hybridized carbons (Fsp3) is 0.521. The predicted molar refractivity (Wildman–Crippen MR) is 242 cm³/mol. The van der Waals surface area contributed by atoms with Crippen LogP contribution in [0.4, 0.5) is 0 Å². The molecule has 0 bridgehead atoms. The number of quaternary nitrogens is 1. The van der Waals surface area contributed by atoms with Crippen molar-refractivity contribution in [3.05, 3.63) is 113 Å². The number of Topliss-reactive ketones (excluding diaryl/α,β-unsaturated/α-hetero) is 1. The van der Waals surface area contributed by atoms with Crippen molar-refractivity contribution in [2.75, 3.05) is 138 Å². The number of hydrogen-bond acceptors (Lipinski definition) is 14. The smallest absolute Gasteiger partial charge is 0.234 e. The van der Waals surface area contributed by atoms with E-state index in [1.165, 1.54) is 0 Å². The van der Waals surface area contributed by atoms with Crippen LogP contribution in [-0.4, -0.2) is 175 Å². The second kappa shape index (κ2) is 32.4. The van der Waals surface area contributed by atoms with E-state index in [0.29, 0.717) is 124 Å². The lowest BCUT2D eigenvalue weighted by Gasteiger charge is -2.34. The van der Waals surface area contributed by atoms with E-state index in [0.717, 1.165) is 78.6 Å². The third-order valence-corrected chi connectivity index (χ3v) is 10.4. The number of carbonyl (C=O) groups excluding carboxylic acids is 2. The highest BCUT2D eigenvalue weighted by atomic mass is 35.5. The molecule has 4 aromatic rings. The van der Waals surface area contributed by atoms with E-state index in [1.807, 2.05) is 48.5 Å². The highest BCUT2D eigenvalue weighted by Gasteiger charge is 2.19. The molecule has 1 aliphatic rings. The van der Waals surface area contributed by atoms with Crippen molar-refractivity contribution in [3.63, 3.8) is 0 Å². The summed E-state index contributed by atoms with van der Waals surface area (Å²) in [6.45, 7) is 15.0. The number of ketones is 1. The molecule has 3 heterocycles. The van der Waals surface area contributed by atoms with Crippen molar-refractivity contribution in [3.8, 4) is 11.3 Å². The van der Waals surface area contributed by atoms with E-state index in [2.05, 4.69) is 49.9 Å². The largest absolute Gasteiger partial charge is 1.00 e. The number of halogens is 1. The normalized spacial score (nSPS) is 13.1. The van der Waals surface area contributed by atoms with E-state index in [4.69, 9.17) is 38.1 Å². The van der Waals surface area contributed by atoms with Crippen LogP contribution in [0.1, 0.15) is 38.4 Å². The topological polar surface area (TPSA) is 184 Å². The molecule has 5 rings (SSSR count). The fourth-order valence-electron chi connectivity index (χ4n) is 6.85. The van der Waals surface area contributed by atoms with Crippen molar-refractivity contribution < 1.29 is 60.9 Å². The Hall–Kier alpha value is -4.30. The molecule has 0 atom stereocenters. The first-order valence-corrected chi connectivity index (χ1v) is 22.4. The summed E-state index contributed by atoms with van der Waals surface area (Å²) < 4.78 is 38.3. The van der Waals surface area contributed by atoms with Gasteiger partial charge >= 0.3 is 0 Å². The van der Waals surface area contributed by atoms with Gasteiger partial charge in [0.2, 0.25) is 5.91 Å². The minimum Gasteiger partial charge on any atom is -1.00 e. The summed E-state index contributed by atoms with van der Waals surface area (Å²) in [7, 11) is 0. The Balaban J connectivity index is 0.00000925. The molecule has 0 saturated carbocycles. The van der Waals surface area contributed by atoms with Gasteiger partial charge in [-0.05, 0) is 47.4 Å². The van der Waals surface area contributed by atoms with E-state index in [9.17, 15) is 9.59 Å². The SMILES string of the molecule is Cc1ccc(CC(=O)c2ccc(CN3CCN(CC(=O)NCCOCCOCCOCCOCCOCCOCCOCC[NH3+])CC3)cc2)cc1Cc1nccc(-c2cccnc2)n1.[Cl-]. The van der Waals surface area contributed by atoms with Gasteiger partial charge in [0.25, 0.3) is 0 Å². The first-order valence-electron chi connectivity index (χ1n) is 22.4. The molecule has 0 radical (unpaired) electrons. The number of nitrogens with one attached hydrogen (secondary N) is 1. The maximum Gasteiger partial charge on any atom is 0.234 e. The summed E-state index contributed by atoms with van der Waals surface area (Å²) in [5, 5.41) is 2.95. The molecule has 65 heavy (non-hydrogen) atoms. The van der Waals surface area contributed by atoms with Crippen LogP contribution < -0.4 is 23.5 Å². The number of carbonyl (C=O) groups is 2. The Kier molecular flexibility index (Phi) is 26.6. The highest BCUT2D eigenvalue weighted by Crippen LogP contribution is 2.20. The van der Waals surface area contributed by atoms with Crippen molar-refractivity contribution in [2.24, 2.45) is 0 Å². The third-order valence-electron chi connectivity index (χ3n) is 10.4. The zero-order chi connectivity index (χ0) is 44.9. The molecule has 1 amide bonds. The molecule has 0 spiro atoms. The molecular formula is C48H68ClN7O9. The number of nitrogens with zero attached hydrogens (tertiary/aromatic N) is 5. The van der Waals surface area contributed by atoms with Crippen LogP contribution in [0.5, 0.6) is 0 Å². The first kappa shape index (κ1) is 53.3. The number of benzene rings is 2. The standard InChI is InChI=1S/C48H67N7O9.ClH/c1-39-4-5-41(33-44(39)35-47-51-13-10-45(53-47)43-3-2-12-50-36-43)34-46(56)42-8-6-40(7-9-42)37-54-15-17-55(18-16-54)38-48(57)52-14-20-59-22-24-61-26-28-63-30-32-64-31-29-62-27-25-60-23-21-58-19-11-49;/h2-10,12-13,33,36H,11,14-32,34-35,37-38,49H2,1H3,(H,52,57);1H. The van der Waals surface area contributed by atoms with Crippen LogP contribution >= 0.6 is 0 Å². The molecule has 356 valence electrons. The van der Waals surface area contributed by atoms with Crippen molar-refractivity contribution in [1.29, 1.82) is 0 Å². The molecule has 17 heteroatoms. The molecule has 2 aromatic carbocycles. The minimum atomic E-state index is -0.00270. The molecular weight excluding hydrogens is 854 g/mol. The van der Waals surface area contributed by atoms with Gasteiger partial charge < -0.3 is 56.6 Å². The lowest BCUT2D eigenvalue weighted by molar-refractivity contribution is -0.374. The predicted octanol–water partition coefficient (Wildman–Crippen LogP) is -0.541. The van der Waals surface area contributed by atoms with Gasteiger partial charge in [0, 0.05) is 81.8 Å².